The molecule has 2 amide bonds. The second kappa shape index (κ2) is 12.5. The van der Waals surface area contributed by atoms with E-state index < -0.39 is 5.54 Å². The number of amides is 2. The fourth-order valence-electron chi connectivity index (χ4n) is 3.85. The highest BCUT2D eigenvalue weighted by Gasteiger charge is 2.33. The van der Waals surface area contributed by atoms with E-state index in [0.717, 1.165) is 37.9 Å². The van der Waals surface area contributed by atoms with Crippen LogP contribution in [-0.4, -0.2) is 40.2 Å². The fourth-order valence-corrected chi connectivity index (χ4v) is 3.85. The summed E-state index contributed by atoms with van der Waals surface area (Å²) in [5, 5.41) is 0. The average Bonchev–Trinajstić information content (AvgIpc) is 3.28. The number of carbonyl (C=O) groups is 2. The van der Waals surface area contributed by atoms with Crippen LogP contribution in [0.5, 0.6) is 0 Å². The van der Waals surface area contributed by atoms with Gasteiger partial charge in [-0.25, -0.2) is 0 Å². The number of hydrogen-bond donors (Lipinski definition) is 0. The molecular weight excluding hydrogens is 400 g/mol. The lowest BCUT2D eigenvalue weighted by atomic mass is 9.94. The summed E-state index contributed by atoms with van der Waals surface area (Å²) in [6.07, 6.45) is 6.14. The van der Waals surface area contributed by atoms with Crippen molar-refractivity contribution in [1.29, 1.82) is 0 Å². The van der Waals surface area contributed by atoms with Gasteiger partial charge >= 0.3 is 0 Å². The Morgan fingerprint density at radius 1 is 1.03 bits per heavy atom. The normalized spacial score (nSPS) is 12.4. The van der Waals surface area contributed by atoms with E-state index in [4.69, 9.17) is 4.42 Å². The summed E-state index contributed by atoms with van der Waals surface area (Å²) in [5.74, 6) is 0.744. The largest absolute Gasteiger partial charge is 0.467 e. The number of hydrogen-bond acceptors (Lipinski definition) is 3. The van der Waals surface area contributed by atoms with Crippen molar-refractivity contribution < 1.29 is 14.0 Å². The molecule has 1 heterocycles. The van der Waals surface area contributed by atoms with Gasteiger partial charge in [0, 0.05) is 18.0 Å². The zero-order chi connectivity index (χ0) is 23.6. The van der Waals surface area contributed by atoms with Crippen molar-refractivity contribution in [2.24, 2.45) is 5.92 Å². The van der Waals surface area contributed by atoms with E-state index in [0.29, 0.717) is 13.1 Å². The van der Waals surface area contributed by atoms with Crippen LogP contribution < -0.4 is 0 Å². The van der Waals surface area contributed by atoms with E-state index in [-0.39, 0.29) is 24.3 Å². The first-order chi connectivity index (χ1) is 15.3. The monoisotopic (exact) mass is 440 g/mol. The number of carbonyl (C=O) groups excluding carboxylic acids is 2. The molecule has 0 aliphatic carbocycles. The molecular formula is C27H40N2O3. The lowest BCUT2D eigenvalue weighted by Gasteiger charge is -2.38. The maximum atomic E-state index is 13.5. The van der Waals surface area contributed by atoms with Gasteiger partial charge in [-0.05, 0) is 57.7 Å². The van der Waals surface area contributed by atoms with Gasteiger partial charge < -0.3 is 14.2 Å². The topological polar surface area (TPSA) is 53.8 Å². The second-order valence-electron chi connectivity index (χ2n) is 9.47. The zero-order valence-electron chi connectivity index (χ0n) is 20.5. The standard InChI is InChI=1S/C27H40N2O3/c1-6-8-15-23(7-2)26(31)29(27(3,4)5)21-25(30)28(20-24-16-12-19-32-24)18-17-22-13-10-9-11-14-22/h9-14,16,19,23H,6-8,15,17-18,20-21H2,1-5H3. The molecule has 0 bridgehead atoms. The third kappa shape index (κ3) is 7.85. The highest BCUT2D eigenvalue weighted by Crippen LogP contribution is 2.23. The van der Waals surface area contributed by atoms with Crippen molar-refractivity contribution in [2.45, 2.75) is 78.8 Å². The number of nitrogens with zero attached hydrogens (tertiary/aromatic N) is 2. The summed E-state index contributed by atoms with van der Waals surface area (Å²) in [6.45, 7) is 11.3. The van der Waals surface area contributed by atoms with E-state index in [1.165, 1.54) is 5.56 Å². The maximum absolute atomic E-state index is 13.5. The molecule has 0 N–H and O–H groups in total. The van der Waals surface area contributed by atoms with Crippen LogP contribution in [0.1, 0.15) is 71.6 Å². The molecule has 1 aromatic heterocycles. The van der Waals surface area contributed by atoms with Crippen molar-refractivity contribution in [3.8, 4) is 0 Å². The summed E-state index contributed by atoms with van der Waals surface area (Å²) < 4.78 is 5.51. The highest BCUT2D eigenvalue weighted by molar-refractivity contribution is 5.86. The van der Waals surface area contributed by atoms with Gasteiger partial charge in [-0.3, -0.25) is 9.59 Å². The Bertz CT molecular complexity index is 809. The van der Waals surface area contributed by atoms with Gasteiger partial charge in [-0.2, -0.15) is 0 Å². The Kier molecular flexibility index (Phi) is 10.0. The lowest BCUT2D eigenvalue weighted by molar-refractivity contribution is -0.148. The Morgan fingerprint density at radius 3 is 2.31 bits per heavy atom. The fraction of sp³-hybridized carbons (Fsp3) is 0.556. The molecule has 5 heteroatoms. The van der Waals surface area contributed by atoms with Crippen molar-refractivity contribution >= 4 is 11.8 Å². The van der Waals surface area contributed by atoms with Gasteiger partial charge in [-0.1, -0.05) is 57.0 Å². The molecule has 1 unspecified atom stereocenters. The van der Waals surface area contributed by atoms with E-state index in [9.17, 15) is 9.59 Å². The smallest absolute Gasteiger partial charge is 0.242 e. The van der Waals surface area contributed by atoms with E-state index in [1.54, 1.807) is 11.2 Å². The van der Waals surface area contributed by atoms with Gasteiger partial charge in [-0.15, -0.1) is 0 Å². The Labute approximate surface area is 193 Å². The molecule has 0 radical (unpaired) electrons. The third-order valence-corrected chi connectivity index (χ3v) is 5.91. The number of rotatable bonds is 12. The molecule has 1 aromatic carbocycles. The molecule has 176 valence electrons. The van der Waals surface area contributed by atoms with Gasteiger partial charge in [0.05, 0.1) is 12.8 Å². The SMILES string of the molecule is CCCCC(CC)C(=O)N(CC(=O)N(CCc1ccccc1)Cc1ccco1)C(C)(C)C. The Balaban J connectivity index is 2.17. The van der Waals surface area contributed by atoms with Gasteiger partial charge in [0.15, 0.2) is 0 Å². The number of unbranched alkanes of at least 4 members (excludes halogenated alkanes) is 1. The first-order valence-corrected chi connectivity index (χ1v) is 11.9. The minimum absolute atomic E-state index is 0.0372. The lowest BCUT2D eigenvalue weighted by Crippen LogP contribution is -2.53. The Morgan fingerprint density at radius 2 is 1.75 bits per heavy atom. The molecule has 0 fully saturated rings. The van der Waals surface area contributed by atoms with Crippen LogP contribution in [0.25, 0.3) is 0 Å². The molecule has 32 heavy (non-hydrogen) atoms. The number of furan rings is 1. The Hall–Kier alpha value is -2.56. The van der Waals surface area contributed by atoms with E-state index in [2.05, 4.69) is 26.0 Å². The highest BCUT2D eigenvalue weighted by atomic mass is 16.3. The summed E-state index contributed by atoms with van der Waals surface area (Å²) in [4.78, 5) is 30.5. The van der Waals surface area contributed by atoms with Gasteiger partial charge in [0.1, 0.15) is 12.3 Å². The first kappa shape index (κ1) is 25.7. The van der Waals surface area contributed by atoms with Crippen LogP contribution in [0.3, 0.4) is 0 Å². The molecule has 2 aromatic rings. The number of benzene rings is 1. The predicted octanol–water partition coefficient (Wildman–Crippen LogP) is 5.69. The minimum Gasteiger partial charge on any atom is -0.467 e. The predicted molar refractivity (Wildman–Crippen MR) is 129 cm³/mol. The van der Waals surface area contributed by atoms with Crippen molar-refractivity contribution in [2.75, 3.05) is 13.1 Å². The van der Waals surface area contributed by atoms with Crippen LogP contribution in [0, 0.1) is 5.92 Å². The van der Waals surface area contributed by atoms with Gasteiger partial charge in [0.25, 0.3) is 0 Å². The molecule has 0 spiro atoms. The van der Waals surface area contributed by atoms with Crippen LogP contribution in [0.2, 0.25) is 0 Å². The molecule has 1 atom stereocenters. The summed E-state index contributed by atoms with van der Waals surface area (Å²) in [7, 11) is 0. The summed E-state index contributed by atoms with van der Waals surface area (Å²) in [6, 6.07) is 13.9. The van der Waals surface area contributed by atoms with Crippen LogP contribution in [0.4, 0.5) is 0 Å². The van der Waals surface area contributed by atoms with Crippen molar-refractivity contribution in [3.05, 3.63) is 60.1 Å². The van der Waals surface area contributed by atoms with Crippen molar-refractivity contribution in [1.82, 2.24) is 9.80 Å². The molecule has 5 nitrogen and oxygen atoms in total. The van der Waals surface area contributed by atoms with E-state index in [1.807, 2.05) is 56.0 Å². The molecule has 0 aliphatic rings. The molecule has 0 saturated carbocycles. The summed E-state index contributed by atoms with van der Waals surface area (Å²) in [5.41, 5.74) is 0.751. The molecule has 2 rings (SSSR count). The van der Waals surface area contributed by atoms with Gasteiger partial charge in [0.2, 0.25) is 11.8 Å². The zero-order valence-corrected chi connectivity index (χ0v) is 20.5. The minimum atomic E-state index is -0.428. The average molecular weight is 441 g/mol. The van der Waals surface area contributed by atoms with Crippen LogP contribution >= 0.6 is 0 Å². The molecule has 0 saturated heterocycles. The van der Waals surface area contributed by atoms with Crippen molar-refractivity contribution in [3.63, 3.8) is 0 Å². The summed E-state index contributed by atoms with van der Waals surface area (Å²) >= 11 is 0. The quantitative estimate of drug-likeness (QED) is 0.426. The second-order valence-corrected chi connectivity index (χ2v) is 9.47. The van der Waals surface area contributed by atoms with E-state index >= 15 is 0 Å². The van der Waals surface area contributed by atoms with Crippen LogP contribution in [0.15, 0.2) is 53.1 Å². The third-order valence-electron chi connectivity index (χ3n) is 5.91. The van der Waals surface area contributed by atoms with Crippen LogP contribution in [-0.2, 0) is 22.6 Å². The first-order valence-electron chi connectivity index (χ1n) is 11.9. The molecule has 0 aliphatic heterocycles. The maximum Gasteiger partial charge on any atom is 0.242 e.